The number of nitro groups is 1. The Morgan fingerprint density at radius 1 is 1.24 bits per heavy atom. The van der Waals surface area contributed by atoms with E-state index in [4.69, 9.17) is 10.5 Å². The number of carbonyl (C=O) groups is 1. The molecule has 0 fully saturated rings. The molecule has 2 aromatic rings. The molecule has 10 heteroatoms. The minimum atomic E-state index is -0.555. The van der Waals surface area contributed by atoms with Crippen molar-refractivity contribution in [3.05, 3.63) is 89.2 Å². The van der Waals surface area contributed by atoms with Crippen LogP contribution in [0, 0.1) is 21.4 Å². The fraction of sp³-hybridized carbons (Fsp3) is 0.250. The molecule has 0 amide bonds. The Morgan fingerprint density at radius 2 is 1.88 bits per heavy atom. The molecule has 1 aliphatic carbocycles. The predicted molar refractivity (Wildman–Crippen MR) is 132 cm³/mol. The Balaban J connectivity index is 1.67. The number of nitriles is 1. The van der Waals surface area contributed by atoms with Crippen molar-refractivity contribution in [1.82, 2.24) is 4.90 Å². The first-order valence-electron chi connectivity index (χ1n) is 10.5. The van der Waals surface area contributed by atoms with Crippen LogP contribution in [0.1, 0.15) is 36.3 Å². The van der Waals surface area contributed by atoms with Gasteiger partial charge in [-0.3, -0.25) is 14.9 Å². The zero-order chi connectivity index (χ0) is 24.6. The van der Waals surface area contributed by atoms with Crippen molar-refractivity contribution in [3.8, 4) is 11.8 Å². The van der Waals surface area contributed by atoms with E-state index < -0.39 is 10.8 Å². The van der Waals surface area contributed by atoms with Crippen molar-refractivity contribution in [1.29, 1.82) is 5.26 Å². The van der Waals surface area contributed by atoms with Crippen LogP contribution in [0.3, 0.4) is 0 Å². The molecule has 8 nitrogen and oxygen atoms in total. The van der Waals surface area contributed by atoms with Gasteiger partial charge in [-0.2, -0.15) is 5.26 Å². The number of non-ortho nitro benzene ring substituents is 1. The summed E-state index contributed by atoms with van der Waals surface area (Å²) in [6.45, 7) is 0.201. The molecule has 0 saturated heterocycles. The first-order valence-corrected chi connectivity index (χ1v) is 12.1. The summed E-state index contributed by atoms with van der Waals surface area (Å²) in [4.78, 5) is 25.1. The van der Waals surface area contributed by atoms with Crippen molar-refractivity contribution in [2.45, 2.75) is 31.8 Å². The topological polar surface area (TPSA) is 122 Å². The summed E-state index contributed by atoms with van der Waals surface area (Å²) in [7, 11) is 1.79. The first kappa shape index (κ1) is 24.0. The number of allylic oxidation sites excluding steroid dienone is 3. The zero-order valence-corrected chi connectivity index (χ0v) is 21.3. The van der Waals surface area contributed by atoms with E-state index in [-0.39, 0.29) is 18.1 Å². The molecule has 2 N–H and O–H groups in total. The molecule has 1 atom stereocenters. The van der Waals surface area contributed by atoms with Crippen molar-refractivity contribution < 1.29 is 14.5 Å². The normalized spacial score (nSPS) is 18.0. The maximum atomic E-state index is 12.9. The minimum absolute atomic E-state index is 0.0140. The predicted octanol–water partition coefficient (Wildman–Crippen LogP) is 5.43. The van der Waals surface area contributed by atoms with Gasteiger partial charge in [0, 0.05) is 36.9 Å². The third-order valence-electron chi connectivity index (χ3n) is 6.05. The quantitative estimate of drug-likeness (QED) is 0.365. The maximum absolute atomic E-state index is 12.9. The SMILES string of the molecule is CN1C(N)=C(C#N)[C@@H](c2cc(Br)c(OCc3ccc([N+](=O)[O-])cc3)c(Br)c2)C2=C1CCCC2=O. The van der Waals surface area contributed by atoms with Gasteiger partial charge in [-0.05, 0) is 80.1 Å². The van der Waals surface area contributed by atoms with Crippen LogP contribution in [-0.4, -0.2) is 22.7 Å². The Bertz CT molecular complexity index is 1270. The second kappa shape index (κ2) is 9.60. The summed E-state index contributed by atoms with van der Waals surface area (Å²) in [5, 5.41) is 20.7. The summed E-state index contributed by atoms with van der Waals surface area (Å²) < 4.78 is 7.24. The van der Waals surface area contributed by atoms with Gasteiger partial charge in [0.2, 0.25) is 0 Å². The fourth-order valence-corrected chi connectivity index (χ4v) is 5.80. The lowest BCUT2D eigenvalue weighted by molar-refractivity contribution is -0.384. The number of hydrogen-bond donors (Lipinski definition) is 1. The Hall–Kier alpha value is -3.16. The van der Waals surface area contributed by atoms with Crippen LogP contribution in [0.15, 0.2) is 68.0 Å². The Kier molecular flexibility index (Phi) is 6.77. The third-order valence-corrected chi connectivity index (χ3v) is 7.23. The first-order chi connectivity index (χ1) is 16.2. The summed E-state index contributed by atoms with van der Waals surface area (Å²) in [6, 6.07) is 12.0. The lowest BCUT2D eigenvalue weighted by atomic mass is 9.76. The highest BCUT2D eigenvalue weighted by atomic mass is 79.9. The molecule has 0 radical (unpaired) electrons. The molecule has 0 aromatic heterocycles. The minimum Gasteiger partial charge on any atom is -0.487 e. The van der Waals surface area contributed by atoms with Gasteiger partial charge >= 0.3 is 0 Å². The number of nitro benzene ring substituents is 1. The fourth-order valence-electron chi connectivity index (χ4n) is 4.35. The maximum Gasteiger partial charge on any atom is 0.269 e. The number of ketones is 1. The van der Waals surface area contributed by atoms with E-state index in [2.05, 4.69) is 37.9 Å². The van der Waals surface area contributed by atoms with Gasteiger partial charge in [-0.25, -0.2) is 0 Å². The highest BCUT2D eigenvalue weighted by molar-refractivity contribution is 9.11. The van der Waals surface area contributed by atoms with Gasteiger partial charge in [0.05, 0.1) is 31.4 Å². The standard InChI is InChI=1S/C24H20Br2N4O4/c1-29-19-3-2-4-20(31)22(19)21(16(11-27)24(29)28)14-9-17(25)23(18(26)10-14)34-12-13-5-7-15(8-6-13)30(32)33/h5-10,21H,2-4,12,28H2,1H3/t21-/m1/s1. The van der Waals surface area contributed by atoms with Crippen LogP contribution in [0.4, 0.5) is 5.69 Å². The van der Waals surface area contributed by atoms with Gasteiger partial charge in [0.1, 0.15) is 18.2 Å². The molecular formula is C24H20Br2N4O4. The lowest BCUT2D eigenvalue weighted by Gasteiger charge is -2.37. The molecule has 0 bridgehead atoms. The van der Waals surface area contributed by atoms with Crippen molar-refractivity contribution >= 4 is 43.3 Å². The van der Waals surface area contributed by atoms with Gasteiger partial charge in [-0.1, -0.05) is 0 Å². The average molecular weight is 588 g/mol. The molecule has 2 aliphatic rings. The number of halogens is 2. The molecule has 0 spiro atoms. The van der Waals surface area contributed by atoms with Gasteiger partial charge in [0.15, 0.2) is 5.78 Å². The van der Waals surface area contributed by atoms with Gasteiger partial charge in [-0.15, -0.1) is 0 Å². The van der Waals surface area contributed by atoms with E-state index in [0.29, 0.717) is 38.1 Å². The van der Waals surface area contributed by atoms with E-state index >= 15 is 0 Å². The number of ether oxygens (including phenoxy) is 1. The molecule has 2 aromatic carbocycles. The van der Waals surface area contributed by atoms with E-state index in [0.717, 1.165) is 29.7 Å². The Labute approximate surface area is 213 Å². The number of hydrogen-bond acceptors (Lipinski definition) is 7. The largest absolute Gasteiger partial charge is 0.487 e. The molecule has 0 unspecified atom stereocenters. The molecular weight excluding hydrogens is 568 g/mol. The highest BCUT2D eigenvalue weighted by Gasteiger charge is 2.39. The van der Waals surface area contributed by atoms with Crippen molar-refractivity contribution in [2.75, 3.05) is 7.05 Å². The van der Waals surface area contributed by atoms with Crippen LogP contribution in [0.25, 0.3) is 0 Å². The average Bonchev–Trinajstić information content (AvgIpc) is 2.81. The lowest BCUT2D eigenvalue weighted by Crippen LogP contribution is -2.36. The summed E-state index contributed by atoms with van der Waals surface area (Å²) in [5.74, 6) is 0.366. The molecule has 4 rings (SSSR count). The monoisotopic (exact) mass is 586 g/mol. The van der Waals surface area contributed by atoms with E-state index in [1.807, 2.05) is 12.1 Å². The molecule has 174 valence electrons. The molecule has 1 aliphatic heterocycles. The number of Topliss-reactive ketones (excluding diaryl/α,β-unsaturated/α-hetero) is 1. The second-order valence-electron chi connectivity index (χ2n) is 8.07. The summed E-state index contributed by atoms with van der Waals surface area (Å²) in [5.41, 5.74) is 9.67. The van der Waals surface area contributed by atoms with E-state index in [9.17, 15) is 20.2 Å². The number of nitrogens with zero attached hydrogens (tertiary/aromatic N) is 3. The number of nitrogens with two attached hydrogens (primary N) is 1. The van der Waals surface area contributed by atoms with Crippen LogP contribution in [0.2, 0.25) is 0 Å². The van der Waals surface area contributed by atoms with Gasteiger partial charge < -0.3 is 15.4 Å². The molecule has 0 saturated carbocycles. The summed E-state index contributed by atoms with van der Waals surface area (Å²) >= 11 is 7.11. The van der Waals surface area contributed by atoms with Crippen molar-refractivity contribution in [3.63, 3.8) is 0 Å². The number of carbonyl (C=O) groups excluding carboxylic acids is 1. The van der Waals surface area contributed by atoms with Crippen LogP contribution in [0.5, 0.6) is 5.75 Å². The van der Waals surface area contributed by atoms with Gasteiger partial charge in [0.25, 0.3) is 5.69 Å². The molecule has 34 heavy (non-hydrogen) atoms. The van der Waals surface area contributed by atoms with E-state index in [1.165, 1.54) is 12.1 Å². The van der Waals surface area contributed by atoms with Crippen LogP contribution in [-0.2, 0) is 11.4 Å². The number of benzene rings is 2. The number of rotatable bonds is 5. The Morgan fingerprint density at radius 3 is 2.47 bits per heavy atom. The summed E-state index contributed by atoms with van der Waals surface area (Å²) in [6.07, 6.45) is 1.93. The third kappa shape index (κ3) is 4.33. The smallest absolute Gasteiger partial charge is 0.269 e. The molecule has 1 heterocycles. The van der Waals surface area contributed by atoms with Crippen molar-refractivity contribution in [2.24, 2.45) is 5.73 Å². The van der Waals surface area contributed by atoms with Crippen LogP contribution < -0.4 is 10.5 Å². The van der Waals surface area contributed by atoms with Crippen LogP contribution >= 0.6 is 31.9 Å². The van der Waals surface area contributed by atoms with E-state index in [1.54, 1.807) is 24.1 Å². The highest BCUT2D eigenvalue weighted by Crippen LogP contribution is 2.46. The zero-order valence-electron chi connectivity index (χ0n) is 18.2. The second-order valence-corrected chi connectivity index (χ2v) is 9.77.